The number of nitrogens with two attached hydrogens (primary N) is 1. The molecule has 2 aliphatic heterocycles. The van der Waals surface area contributed by atoms with Gasteiger partial charge in [0.15, 0.2) is 12.4 Å². The van der Waals surface area contributed by atoms with Gasteiger partial charge in [-0.15, -0.1) is 24.2 Å². The average molecular weight is 506 g/mol. The molecule has 4 atom stereocenters. The maximum Gasteiger partial charge on any atom is 0.330 e. The Balaban J connectivity index is 0.00000324. The minimum Gasteiger partial charge on any atom is -0.456 e. The van der Waals surface area contributed by atoms with Crippen LogP contribution in [0.3, 0.4) is 0 Å². The van der Waals surface area contributed by atoms with Crippen LogP contribution in [0.25, 0.3) is 0 Å². The molecule has 2 heterocycles. The van der Waals surface area contributed by atoms with Gasteiger partial charge in [-0.3, -0.25) is 14.4 Å². The summed E-state index contributed by atoms with van der Waals surface area (Å²) in [5, 5.41) is 2.36. The standard InChI is InChI=1S/C24H27N3O5S.ClH/c1-24(2)19(23(31)32-13-16(28)14-9-5-3-6-10-14)27-21(30)18(22(27)33-24)26-20(29)17(25)15-11-7-4-8-12-15;/h3-7,9-10,12,17-19,22H,8,11,13,25H2,1-2H3,(H,26,29);1H/t17?,18-,19+,22-;/m1./s1. The summed E-state index contributed by atoms with van der Waals surface area (Å²) in [6, 6.07) is 6.14. The van der Waals surface area contributed by atoms with Crippen LogP contribution in [0, 0.1) is 0 Å². The van der Waals surface area contributed by atoms with E-state index in [1.54, 1.807) is 30.3 Å². The maximum absolute atomic E-state index is 12.9. The van der Waals surface area contributed by atoms with Gasteiger partial charge in [0.2, 0.25) is 11.8 Å². The van der Waals surface area contributed by atoms with Crippen molar-refractivity contribution in [3.63, 3.8) is 0 Å². The Morgan fingerprint density at radius 2 is 1.94 bits per heavy atom. The number of ketones is 1. The molecule has 10 heteroatoms. The highest BCUT2D eigenvalue weighted by molar-refractivity contribution is 8.01. The largest absolute Gasteiger partial charge is 0.456 e. The van der Waals surface area contributed by atoms with Crippen LogP contribution in [0.5, 0.6) is 0 Å². The van der Waals surface area contributed by atoms with Gasteiger partial charge in [-0.2, -0.15) is 0 Å². The number of allylic oxidation sites excluding steroid dienone is 3. The number of thioether (sulfide) groups is 1. The van der Waals surface area contributed by atoms with Crippen LogP contribution >= 0.6 is 24.2 Å². The van der Waals surface area contributed by atoms with E-state index in [-0.39, 0.29) is 24.1 Å². The zero-order valence-electron chi connectivity index (χ0n) is 18.9. The number of carbonyl (C=O) groups excluding carboxylic acids is 4. The number of carbonyl (C=O) groups is 4. The molecule has 1 aromatic carbocycles. The van der Waals surface area contributed by atoms with Crippen molar-refractivity contribution in [2.75, 3.05) is 6.61 Å². The van der Waals surface area contributed by atoms with E-state index in [1.165, 1.54) is 16.7 Å². The molecule has 3 N–H and O–H groups in total. The van der Waals surface area contributed by atoms with Gasteiger partial charge in [0, 0.05) is 10.3 Å². The lowest BCUT2D eigenvalue weighted by Crippen LogP contribution is -2.71. The molecule has 0 saturated carbocycles. The van der Waals surface area contributed by atoms with Crippen molar-refractivity contribution in [3.05, 3.63) is 59.7 Å². The van der Waals surface area contributed by atoms with Gasteiger partial charge in [-0.1, -0.05) is 48.6 Å². The Hall–Kier alpha value is -2.62. The third-order valence-electron chi connectivity index (χ3n) is 6.12. The number of esters is 1. The fourth-order valence-electron chi connectivity index (χ4n) is 4.33. The molecule has 0 radical (unpaired) electrons. The molecule has 2 saturated heterocycles. The van der Waals surface area contributed by atoms with Gasteiger partial charge in [-0.05, 0) is 32.3 Å². The molecule has 1 unspecified atom stereocenters. The Labute approximate surface area is 208 Å². The zero-order chi connectivity index (χ0) is 23.8. The smallest absolute Gasteiger partial charge is 0.330 e. The van der Waals surface area contributed by atoms with E-state index in [0.717, 1.165) is 12.0 Å². The number of hydrogen-bond donors (Lipinski definition) is 2. The Morgan fingerprint density at radius 1 is 1.24 bits per heavy atom. The maximum atomic E-state index is 12.9. The van der Waals surface area contributed by atoms with Crippen molar-refractivity contribution in [3.8, 4) is 0 Å². The number of amides is 2. The summed E-state index contributed by atoms with van der Waals surface area (Å²) in [5.74, 6) is -1.71. The molecule has 0 spiro atoms. The van der Waals surface area contributed by atoms with Gasteiger partial charge >= 0.3 is 5.97 Å². The first kappa shape index (κ1) is 26.0. The van der Waals surface area contributed by atoms with E-state index in [2.05, 4.69) is 5.32 Å². The molecule has 1 aliphatic carbocycles. The molecule has 34 heavy (non-hydrogen) atoms. The second kappa shape index (κ2) is 10.3. The zero-order valence-corrected chi connectivity index (χ0v) is 20.6. The van der Waals surface area contributed by atoms with E-state index in [1.807, 2.05) is 32.1 Å². The number of nitrogens with one attached hydrogen (secondary N) is 1. The highest BCUT2D eigenvalue weighted by Crippen LogP contribution is 2.51. The minimum absolute atomic E-state index is 0. The predicted molar refractivity (Wildman–Crippen MR) is 131 cm³/mol. The third-order valence-corrected chi connectivity index (χ3v) is 7.69. The summed E-state index contributed by atoms with van der Waals surface area (Å²) >= 11 is 1.42. The summed E-state index contributed by atoms with van der Waals surface area (Å²) in [5.41, 5.74) is 7.37. The third kappa shape index (κ3) is 4.92. The molecule has 0 aromatic heterocycles. The van der Waals surface area contributed by atoms with E-state index in [0.29, 0.717) is 12.0 Å². The summed E-state index contributed by atoms with van der Waals surface area (Å²) < 4.78 is 4.65. The second-order valence-electron chi connectivity index (χ2n) is 8.81. The van der Waals surface area contributed by atoms with Gasteiger partial charge in [0.1, 0.15) is 23.5 Å². The first-order valence-electron chi connectivity index (χ1n) is 10.9. The van der Waals surface area contributed by atoms with Gasteiger partial charge < -0.3 is 20.7 Å². The van der Waals surface area contributed by atoms with Crippen molar-refractivity contribution < 1.29 is 23.9 Å². The van der Waals surface area contributed by atoms with Crippen molar-refractivity contribution in [2.24, 2.45) is 5.73 Å². The van der Waals surface area contributed by atoms with E-state index < -0.39 is 46.7 Å². The highest BCUT2D eigenvalue weighted by atomic mass is 35.5. The fourth-order valence-corrected chi connectivity index (χ4v) is 5.95. The van der Waals surface area contributed by atoms with Crippen LogP contribution < -0.4 is 11.1 Å². The van der Waals surface area contributed by atoms with Crippen molar-refractivity contribution in [2.45, 2.75) is 54.9 Å². The van der Waals surface area contributed by atoms with Crippen LogP contribution in [0.4, 0.5) is 0 Å². The number of nitrogens with zero attached hydrogens (tertiary/aromatic N) is 1. The normalized spacial score (nSPS) is 25.3. The molecule has 2 fully saturated rings. The Bertz CT molecular complexity index is 1040. The number of hydrogen-bond acceptors (Lipinski definition) is 7. The number of fused-ring (bicyclic) bond motifs is 1. The topological polar surface area (TPSA) is 119 Å². The van der Waals surface area contributed by atoms with Gasteiger partial charge in [0.05, 0.1) is 0 Å². The minimum atomic E-state index is -0.850. The van der Waals surface area contributed by atoms with Crippen LogP contribution in [0.2, 0.25) is 0 Å². The van der Waals surface area contributed by atoms with Crippen molar-refractivity contribution in [1.82, 2.24) is 10.2 Å². The lowest BCUT2D eigenvalue weighted by atomic mass is 9.95. The molecule has 1 aromatic rings. The van der Waals surface area contributed by atoms with Crippen LogP contribution in [0.1, 0.15) is 37.0 Å². The molecule has 8 nitrogen and oxygen atoms in total. The number of ether oxygens (including phenoxy) is 1. The predicted octanol–water partition coefficient (Wildman–Crippen LogP) is 1.99. The van der Waals surface area contributed by atoms with Crippen LogP contribution in [-0.2, 0) is 19.1 Å². The van der Waals surface area contributed by atoms with Crippen molar-refractivity contribution in [1.29, 1.82) is 0 Å². The summed E-state index contributed by atoms with van der Waals surface area (Å²) in [7, 11) is 0. The second-order valence-corrected chi connectivity index (χ2v) is 10.6. The van der Waals surface area contributed by atoms with Crippen LogP contribution in [-0.4, -0.2) is 63.3 Å². The van der Waals surface area contributed by atoms with E-state index in [9.17, 15) is 19.2 Å². The molecule has 4 rings (SSSR count). The summed E-state index contributed by atoms with van der Waals surface area (Å²) in [4.78, 5) is 52.2. The molecule has 2 amide bonds. The van der Waals surface area contributed by atoms with Crippen molar-refractivity contribution >= 4 is 47.7 Å². The first-order valence-corrected chi connectivity index (χ1v) is 11.7. The van der Waals surface area contributed by atoms with Gasteiger partial charge in [0.25, 0.3) is 0 Å². The lowest BCUT2D eigenvalue weighted by Gasteiger charge is -2.44. The quantitative estimate of drug-likeness (QED) is 0.252. The Morgan fingerprint density at radius 3 is 2.59 bits per heavy atom. The fraction of sp³-hybridized carbons (Fsp3) is 0.417. The molecular formula is C24H28ClN3O5S. The van der Waals surface area contributed by atoms with E-state index in [4.69, 9.17) is 10.5 Å². The molecular weight excluding hydrogens is 478 g/mol. The monoisotopic (exact) mass is 505 g/mol. The number of rotatable bonds is 7. The van der Waals surface area contributed by atoms with E-state index >= 15 is 0 Å². The first-order chi connectivity index (χ1) is 15.7. The summed E-state index contributed by atoms with van der Waals surface area (Å²) in [6.45, 7) is 3.29. The number of halogens is 1. The molecule has 0 bridgehead atoms. The molecule has 3 aliphatic rings. The van der Waals surface area contributed by atoms with Crippen LogP contribution in [0.15, 0.2) is 54.1 Å². The number of Topliss-reactive ketones (excluding diaryl/α,β-unsaturated/α-hetero) is 1. The lowest BCUT2D eigenvalue weighted by molar-refractivity contribution is -0.163. The van der Waals surface area contributed by atoms with Gasteiger partial charge in [-0.25, -0.2) is 4.79 Å². The average Bonchev–Trinajstić information content (AvgIpc) is 3.08. The number of β-lactam (4-membered cyclic amide) rings is 1. The summed E-state index contributed by atoms with van der Waals surface area (Å²) in [6.07, 6.45) is 7.24. The highest BCUT2D eigenvalue weighted by Gasteiger charge is 2.64. The Kier molecular flexibility index (Phi) is 7.90. The molecule has 182 valence electrons. The SMILES string of the molecule is CC1(C)S[C@@H]2[C@H](NC(=O)C(N)C3=CCC=CC3)C(=O)N2[C@H]1C(=O)OCC(=O)c1ccccc1.Cl. The number of benzene rings is 1.